The van der Waals surface area contributed by atoms with Crippen LogP contribution in [0.15, 0.2) is 28.7 Å². The molecule has 106 valence electrons. The molecule has 1 atom stereocenters. The minimum atomic E-state index is 0.234. The van der Waals surface area contributed by atoms with Crippen LogP contribution in [0.1, 0.15) is 43.8 Å². The second-order valence-electron chi connectivity index (χ2n) is 5.60. The van der Waals surface area contributed by atoms with Gasteiger partial charge in [-0.25, -0.2) is 0 Å². The fourth-order valence-corrected chi connectivity index (χ4v) is 4.28. The number of rotatable bonds is 2. The van der Waals surface area contributed by atoms with Gasteiger partial charge in [0, 0.05) is 4.47 Å². The van der Waals surface area contributed by atoms with Crippen molar-refractivity contribution in [2.24, 2.45) is 0 Å². The molecule has 0 fully saturated rings. The van der Waals surface area contributed by atoms with Gasteiger partial charge in [0.1, 0.15) is 0 Å². The summed E-state index contributed by atoms with van der Waals surface area (Å²) in [6, 6.07) is 8.87. The Morgan fingerprint density at radius 1 is 0.800 bits per heavy atom. The molecular weight excluding hydrogens is 376 g/mol. The monoisotopic (exact) mass is 394 g/mol. The van der Waals surface area contributed by atoms with Crippen molar-refractivity contribution in [3.63, 3.8) is 0 Å². The normalized spacial score (nSPS) is 12.6. The number of hydrogen-bond acceptors (Lipinski definition) is 0. The highest BCUT2D eigenvalue weighted by Gasteiger charge is 2.18. The predicted molar refractivity (Wildman–Crippen MR) is 95.0 cm³/mol. The van der Waals surface area contributed by atoms with E-state index in [0.29, 0.717) is 0 Å². The molecule has 2 rings (SSSR count). The largest absolute Gasteiger partial charge is 0.0786 e. The molecule has 0 aromatic heterocycles. The number of halogens is 2. The van der Waals surface area contributed by atoms with E-state index in [4.69, 9.17) is 0 Å². The highest BCUT2D eigenvalue weighted by Crippen LogP contribution is 2.38. The van der Waals surface area contributed by atoms with Gasteiger partial charge in [-0.2, -0.15) is 0 Å². The molecular formula is C18H20Br2. The predicted octanol–water partition coefficient (Wildman–Crippen LogP) is 6.48. The average molecular weight is 396 g/mol. The Hall–Kier alpha value is -0.600. The lowest BCUT2D eigenvalue weighted by molar-refractivity contribution is 1.07. The van der Waals surface area contributed by atoms with Gasteiger partial charge < -0.3 is 0 Å². The third kappa shape index (κ3) is 3.01. The van der Waals surface area contributed by atoms with E-state index in [1.807, 2.05) is 0 Å². The van der Waals surface area contributed by atoms with Crippen LogP contribution < -0.4 is 0 Å². The van der Waals surface area contributed by atoms with Crippen molar-refractivity contribution in [1.82, 2.24) is 0 Å². The third-order valence-electron chi connectivity index (χ3n) is 4.03. The lowest BCUT2D eigenvalue weighted by Gasteiger charge is -2.21. The van der Waals surface area contributed by atoms with E-state index >= 15 is 0 Å². The Kier molecular flexibility index (Phi) is 4.76. The van der Waals surface area contributed by atoms with Crippen LogP contribution in [0.5, 0.6) is 0 Å². The van der Waals surface area contributed by atoms with Gasteiger partial charge in [0.25, 0.3) is 0 Å². The molecule has 2 aromatic carbocycles. The van der Waals surface area contributed by atoms with Crippen molar-refractivity contribution in [3.05, 3.63) is 67.7 Å². The van der Waals surface area contributed by atoms with Crippen molar-refractivity contribution in [2.45, 2.75) is 39.4 Å². The molecule has 0 heterocycles. The summed E-state index contributed by atoms with van der Waals surface area (Å²) in [5, 5.41) is 0. The molecule has 0 radical (unpaired) electrons. The van der Waals surface area contributed by atoms with Crippen molar-refractivity contribution in [3.8, 4) is 0 Å². The van der Waals surface area contributed by atoms with E-state index in [9.17, 15) is 0 Å². The fourth-order valence-electron chi connectivity index (χ4n) is 2.71. The summed E-state index contributed by atoms with van der Waals surface area (Å²) in [6.07, 6.45) is 0. The van der Waals surface area contributed by atoms with Crippen LogP contribution in [0.4, 0.5) is 0 Å². The maximum absolute atomic E-state index is 3.91. The van der Waals surface area contributed by atoms with Crippen LogP contribution in [0, 0.1) is 34.6 Å². The molecule has 0 nitrogen and oxygen atoms in total. The number of hydrogen-bond donors (Lipinski definition) is 0. The Labute approximate surface area is 138 Å². The lowest BCUT2D eigenvalue weighted by atomic mass is 9.90. The van der Waals surface area contributed by atoms with Gasteiger partial charge in [-0.05, 0) is 85.7 Å². The minimum absolute atomic E-state index is 0.234. The highest BCUT2D eigenvalue weighted by molar-refractivity contribution is 9.10. The summed E-state index contributed by atoms with van der Waals surface area (Å²) in [7, 11) is 0. The first kappa shape index (κ1) is 15.8. The standard InChI is InChI=1S/C18H20Br2/c1-10-6-15(9-16(19)7-10)18(20)17-13(4)11(2)8-12(3)14(17)5/h6-9,18H,1-5H3. The molecule has 0 amide bonds. The molecule has 0 bridgehead atoms. The molecule has 20 heavy (non-hydrogen) atoms. The van der Waals surface area contributed by atoms with Gasteiger partial charge >= 0.3 is 0 Å². The van der Waals surface area contributed by atoms with Crippen LogP contribution in [-0.2, 0) is 0 Å². The van der Waals surface area contributed by atoms with Crippen molar-refractivity contribution in [2.75, 3.05) is 0 Å². The molecule has 2 aromatic rings. The van der Waals surface area contributed by atoms with Crippen LogP contribution in [0.3, 0.4) is 0 Å². The summed E-state index contributed by atoms with van der Waals surface area (Å²) in [5.41, 5.74) is 9.46. The zero-order chi connectivity index (χ0) is 15.0. The van der Waals surface area contributed by atoms with Gasteiger partial charge in [0.2, 0.25) is 0 Å². The van der Waals surface area contributed by atoms with Gasteiger partial charge in [-0.15, -0.1) is 0 Å². The molecule has 1 unspecified atom stereocenters. The van der Waals surface area contributed by atoms with Gasteiger partial charge in [-0.3, -0.25) is 0 Å². The molecule has 0 spiro atoms. The van der Waals surface area contributed by atoms with E-state index < -0.39 is 0 Å². The quantitative estimate of drug-likeness (QED) is 0.510. The summed E-state index contributed by atoms with van der Waals surface area (Å²) in [4.78, 5) is 0.234. The zero-order valence-electron chi connectivity index (χ0n) is 12.6. The summed E-state index contributed by atoms with van der Waals surface area (Å²) >= 11 is 7.51. The molecule has 2 heteroatoms. The van der Waals surface area contributed by atoms with Gasteiger partial charge in [-0.1, -0.05) is 44.0 Å². The van der Waals surface area contributed by atoms with Crippen LogP contribution >= 0.6 is 31.9 Å². The maximum Gasteiger partial charge on any atom is 0.0650 e. The summed E-state index contributed by atoms with van der Waals surface area (Å²) in [6.45, 7) is 11.0. The third-order valence-corrected chi connectivity index (χ3v) is 5.48. The van der Waals surface area contributed by atoms with Gasteiger partial charge in [0.05, 0.1) is 4.83 Å². The first-order valence-electron chi connectivity index (χ1n) is 6.79. The Balaban J connectivity index is 2.61. The van der Waals surface area contributed by atoms with Crippen LogP contribution in [0.25, 0.3) is 0 Å². The minimum Gasteiger partial charge on any atom is -0.0786 e. The SMILES string of the molecule is Cc1cc(Br)cc(C(Br)c2c(C)c(C)cc(C)c2C)c1. The van der Waals surface area contributed by atoms with Crippen molar-refractivity contribution >= 4 is 31.9 Å². The number of alkyl halides is 1. The van der Waals surface area contributed by atoms with E-state index in [1.165, 1.54) is 38.9 Å². The second-order valence-corrected chi connectivity index (χ2v) is 7.43. The molecule has 0 saturated carbocycles. The van der Waals surface area contributed by atoms with Crippen LogP contribution in [0.2, 0.25) is 0 Å². The average Bonchev–Trinajstić information content (AvgIpc) is 2.35. The van der Waals surface area contributed by atoms with E-state index in [0.717, 1.165) is 4.47 Å². The van der Waals surface area contributed by atoms with E-state index in [-0.39, 0.29) is 4.83 Å². The summed E-state index contributed by atoms with van der Waals surface area (Å²) < 4.78 is 1.14. The van der Waals surface area contributed by atoms with E-state index in [1.54, 1.807) is 0 Å². The smallest absolute Gasteiger partial charge is 0.0650 e. The fraction of sp³-hybridized carbons (Fsp3) is 0.333. The van der Waals surface area contributed by atoms with Crippen LogP contribution in [-0.4, -0.2) is 0 Å². The Bertz CT molecular complexity index is 610. The Morgan fingerprint density at radius 2 is 1.35 bits per heavy atom. The lowest BCUT2D eigenvalue weighted by Crippen LogP contribution is -2.03. The van der Waals surface area contributed by atoms with E-state index in [2.05, 4.69) is 90.7 Å². The number of benzene rings is 2. The maximum atomic E-state index is 3.91. The first-order chi connectivity index (χ1) is 9.31. The van der Waals surface area contributed by atoms with Crippen molar-refractivity contribution in [1.29, 1.82) is 0 Å². The topological polar surface area (TPSA) is 0 Å². The molecule has 0 saturated heterocycles. The first-order valence-corrected chi connectivity index (χ1v) is 8.50. The zero-order valence-corrected chi connectivity index (χ0v) is 15.8. The second kappa shape index (κ2) is 6.03. The van der Waals surface area contributed by atoms with Gasteiger partial charge in [0.15, 0.2) is 0 Å². The molecule has 0 aliphatic heterocycles. The van der Waals surface area contributed by atoms with Crippen molar-refractivity contribution < 1.29 is 0 Å². The molecule has 0 aliphatic rings. The highest BCUT2D eigenvalue weighted by atomic mass is 79.9. The number of aryl methyl sites for hydroxylation is 3. The molecule has 0 aliphatic carbocycles. The Morgan fingerprint density at radius 3 is 1.85 bits per heavy atom. The summed E-state index contributed by atoms with van der Waals surface area (Å²) in [5.74, 6) is 0. The molecule has 0 N–H and O–H groups in total.